The van der Waals surface area contributed by atoms with Gasteiger partial charge in [0, 0.05) is 15.5 Å². The summed E-state index contributed by atoms with van der Waals surface area (Å²) in [7, 11) is -2.34. The number of anilines is 2. The molecule has 0 bridgehead atoms. The average Bonchev–Trinajstić information content (AvgIpc) is 2.65. The Kier molecular flexibility index (Phi) is 5.39. The van der Waals surface area contributed by atoms with Crippen molar-refractivity contribution in [3.05, 3.63) is 72.8 Å². The Labute approximate surface area is 157 Å². The minimum absolute atomic E-state index is 0.0924. The zero-order valence-electron chi connectivity index (χ0n) is 14.0. The molecule has 134 valence electrons. The van der Waals surface area contributed by atoms with E-state index in [1.165, 1.54) is 24.9 Å². The second kappa shape index (κ2) is 7.72. The highest BCUT2D eigenvalue weighted by atomic mass is 32.2. The number of rotatable bonds is 6. The van der Waals surface area contributed by atoms with Crippen molar-refractivity contribution in [2.75, 3.05) is 17.6 Å². The first-order valence-corrected chi connectivity index (χ1v) is 10.1. The Bertz CT molecular complexity index is 1000. The van der Waals surface area contributed by atoms with Crippen LogP contribution in [0.15, 0.2) is 87.5 Å². The van der Waals surface area contributed by atoms with Crippen molar-refractivity contribution in [2.45, 2.75) is 14.7 Å². The van der Waals surface area contributed by atoms with Gasteiger partial charge < -0.3 is 10.5 Å². The smallest absolute Gasteiger partial charge is 0.265 e. The van der Waals surface area contributed by atoms with Gasteiger partial charge >= 0.3 is 0 Å². The normalized spacial score (nSPS) is 11.1. The molecule has 3 N–H and O–H groups in total. The van der Waals surface area contributed by atoms with Gasteiger partial charge in [-0.05, 0) is 48.5 Å². The number of nitrogens with two attached hydrogens (primary N) is 1. The van der Waals surface area contributed by atoms with Gasteiger partial charge in [-0.1, -0.05) is 36.0 Å². The molecule has 0 aromatic heterocycles. The van der Waals surface area contributed by atoms with Crippen LogP contribution in [0.2, 0.25) is 0 Å². The molecular weight excluding hydrogens is 368 g/mol. The third-order valence-corrected chi connectivity index (χ3v) is 6.09. The first kappa shape index (κ1) is 18.2. The molecular formula is C19H18N2O3S2. The van der Waals surface area contributed by atoms with Gasteiger partial charge in [-0.2, -0.15) is 0 Å². The Morgan fingerprint density at radius 2 is 1.58 bits per heavy atom. The van der Waals surface area contributed by atoms with Crippen LogP contribution in [0.4, 0.5) is 11.4 Å². The van der Waals surface area contributed by atoms with Crippen molar-refractivity contribution in [3.63, 3.8) is 0 Å². The Balaban J connectivity index is 1.91. The molecule has 0 saturated heterocycles. The zero-order valence-corrected chi connectivity index (χ0v) is 15.7. The van der Waals surface area contributed by atoms with Crippen molar-refractivity contribution < 1.29 is 13.2 Å². The van der Waals surface area contributed by atoms with E-state index in [9.17, 15) is 8.42 Å². The van der Waals surface area contributed by atoms with Gasteiger partial charge in [-0.25, -0.2) is 8.42 Å². The molecule has 3 aromatic rings. The first-order chi connectivity index (χ1) is 12.5. The molecule has 0 aliphatic carbocycles. The van der Waals surface area contributed by atoms with E-state index in [1.54, 1.807) is 30.3 Å². The summed E-state index contributed by atoms with van der Waals surface area (Å²) in [6.45, 7) is 0. The molecule has 3 rings (SSSR count). The standard InChI is InChI=1S/C19H18N2O3S2/c1-24-17-7-3-5-9-19(17)26(22,23)21-16-6-2-4-8-18(16)25-15-12-10-14(20)11-13-15/h2-13,21H,20H2,1H3. The molecule has 0 aliphatic heterocycles. The van der Waals surface area contributed by atoms with Crippen LogP contribution in [0.3, 0.4) is 0 Å². The van der Waals surface area contributed by atoms with E-state index in [0.717, 1.165) is 9.79 Å². The number of hydrogen-bond acceptors (Lipinski definition) is 5. The Hall–Kier alpha value is -2.64. The molecule has 7 heteroatoms. The molecule has 0 spiro atoms. The SMILES string of the molecule is COc1ccccc1S(=O)(=O)Nc1ccccc1Sc1ccc(N)cc1. The molecule has 26 heavy (non-hydrogen) atoms. The number of hydrogen-bond donors (Lipinski definition) is 2. The maximum absolute atomic E-state index is 12.8. The van der Waals surface area contributed by atoms with Crippen LogP contribution in [-0.4, -0.2) is 15.5 Å². The van der Waals surface area contributed by atoms with Gasteiger partial charge in [0.2, 0.25) is 0 Å². The lowest BCUT2D eigenvalue weighted by Gasteiger charge is -2.14. The topological polar surface area (TPSA) is 81.4 Å². The number of sulfonamides is 1. The summed E-state index contributed by atoms with van der Waals surface area (Å²) in [6, 6.07) is 21.2. The number of benzene rings is 3. The highest BCUT2D eigenvalue weighted by Gasteiger charge is 2.20. The minimum atomic E-state index is -3.79. The number of nitrogens with one attached hydrogen (secondary N) is 1. The van der Waals surface area contributed by atoms with Crippen molar-refractivity contribution in [2.24, 2.45) is 0 Å². The number of para-hydroxylation sites is 2. The summed E-state index contributed by atoms with van der Waals surface area (Å²) < 4.78 is 33.5. The number of ether oxygens (including phenoxy) is 1. The third-order valence-electron chi connectivity index (χ3n) is 3.60. The molecule has 0 fully saturated rings. The fraction of sp³-hybridized carbons (Fsp3) is 0.0526. The number of nitrogen functional groups attached to an aromatic ring is 1. The molecule has 0 heterocycles. The second-order valence-corrected chi connectivity index (χ2v) is 8.19. The van der Waals surface area contributed by atoms with Gasteiger partial charge in [0.1, 0.15) is 10.6 Å². The van der Waals surface area contributed by atoms with Crippen molar-refractivity contribution in [1.29, 1.82) is 0 Å². The first-order valence-electron chi connectivity index (χ1n) is 7.78. The molecule has 0 radical (unpaired) electrons. The molecule has 0 amide bonds. The highest BCUT2D eigenvalue weighted by molar-refractivity contribution is 7.99. The largest absolute Gasteiger partial charge is 0.495 e. The molecule has 0 unspecified atom stereocenters. The lowest BCUT2D eigenvalue weighted by Crippen LogP contribution is -2.14. The van der Waals surface area contributed by atoms with Crippen LogP contribution in [0.1, 0.15) is 0 Å². The van der Waals surface area contributed by atoms with Crippen LogP contribution >= 0.6 is 11.8 Å². The molecule has 3 aromatic carbocycles. The second-order valence-electron chi connectivity index (χ2n) is 5.42. The van der Waals surface area contributed by atoms with Crippen LogP contribution in [0.5, 0.6) is 5.75 Å². The summed E-state index contributed by atoms with van der Waals surface area (Å²) in [5.74, 6) is 0.295. The molecule has 0 atom stereocenters. The fourth-order valence-electron chi connectivity index (χ4n) is 2.34. The van der Waals surface area contributed by atoms with Crippen LogP contribution in [0.25, 0.3) is 0 Å². The van der Waals surface area contributed by atoms with Crippen LogP contribution < -0.4 is 15.2 Å². The van der Waals surface area contributed by atoms with Crippen molar-refractivity contribution in [1.82, 2.24) is 0 Å². The summed E-state index contributed by atoms with van der Waals surface area (Å²) in [6.07, 6.45) is 0. The lowest BCUT2D eigenvalue weighted by atomic mass is 10.3. The third kappa shape index (κ3) is 4.12. The summed E-state index contributed by atoms with van der Waals surface area (Å²) in [5.41, 5.74) is 6.89. The summed E-state index contributed by atoms with van der Waals surface area (Å²) in [4.78, 5) is 1.84. The maximum Gasteiger partial charge on any atom is 0.265 e. The Morgan fingerprint density at radius 3 is 2.31 bits per heavy atom. The van der Waals surface area contributed by atoms with Gasteiger partial charge in [0.15, 0.2) is 0 Å². The predicted molar refractivity (Wildman–Crippen MR) is 105 cm³/mol. The van der Waals surface area contributed by atoms with E-state index >= 15 is 0 Å². The van der Waals surface area contributed by atoms with E-state index in [-0.39, 0.29) is 4.90 Å². The van der Waals surface area contributed by atoms with Crippen LogP contribution in [0, 0.1) is 0 Å². The highest BCUT2D eigenvalue weighted by Crippen LogP contribution is 2.35. The monoisotopic (exact) mass is 386 g/mol. The summed E-state index contributed by atoms with van der Waals surface area (Å²) >= 11 is 1.46. The Morgan fingerprint density at radius 1 is 0.923 bits per heavy atom. The van der Waals surface area contributed by atoms with E-state index in [0.29, 0.717) is 17.1 Å². The predicted octanol–water partition coefficient (Wildman–Crippen LogP) is 4.23. The zero-order chi connectivity index (χ0) is 18.6. The lowest BCUT2D eigenvalue weighted by molar-refractivity contribution is 0.403. The van der Waals surface area contributed by atoms with E-state index in [4.69, 9.17) is 10.5 Å². The van der Waals surface area contributed by atoms with E-state index < -0.39 is 10.0 Å². The quantitative estimate of drug-likeness (QED) is 0.620. The van der Waals surface area contributed by atoms with Gasteiger partial charge in [0.25, 0.3) is 10.0 Å². The van der Waals surface area contributed by atoms with E-state index in [2.05, 4.69) is 4.72 Å². The van der Waals surface area contributed by atoms with E-state index in [1.807, 2.05) is 36.4 Å². The number of methoxy groups -OCH3 is 1. The fourth-order valence-corrected chi connectivity index (χ4v) is 4.56. The summed E-state index contributed by atoms with van der Waals surface area (Å²) in [5, 5.41) is 0. The van der Waals surface area contributed by atoms with Crippen LogP contribution in [-0.2, 0) is 10.0 Å². The molecule has 5 nitrogen and oxygen atoms in total. The molecule has 0 saturated carbocycles. The van der Waals surface area contributed by atoms with Crippen molar-refractivity contribution >= 4 is 33.2 Å². The van der Waals surface area contributed by atoms with Gasteiger partial charge in [-0.15, -0.1) is 0 Å². The van der Waals surface area contributed by atoms with Crippen molar-refractivity contribution in [3.8, 4) is 5.75 Å². The average molecular weight is 386 g/mol. The maximum atomic E-state index is 12.8. The van der Waals surface area contributed by atoms with Gasteiger partial charge in [0.05, 0.1) is 12.8 Å². The minimum Gasteiger partial charge on any atom is -0.495 e. The van der Waals surface area contributed by atoms with Gasteiger partial charge in [-0.3, -0.25) is 4.72 Å². The molecule has 0 aliphatic rings.